The van der Waals surface area contributed by atoms with Gasteiger partial charge in [-0.3, -0.25) is 0 Å². The fourth-order valence-corrected chi connectivity index (χ4v) is 1.57. The molecule has 1 aromatic carbocycles. The number of anilines is 1. The van der Waals surface area contributed by atoms with Gasteiger partial charge >= 0.3 is 0 Å². The summed E-state index contributed by atoms with van der Waals surface area (Å²) in [5, 5.41) is 3.85. The van der Waals surface area contributed by atoms with Gasteiger partial charge in [-0.1, -0.05) is 23.7 Å². The molecular weight excluding hydrogens is 236 g/mol. The number of hydrogen-bond acceptors (Lipinski definition) is 3. The third kappa shape index (κ3) is 3.36. The summed E-state index contributed by atoms with van der Waals surface area (Å²) < 4.78 is 5.16. The largest absolute Gasteiger partial charge is 0.497 e. The lowest BCUT2D eigenvalue weighted by atomic mass is 10.2. The fraction of sp³-hybridized carbons (Fsp3) is 0.154. The van der Waals surface area contributed by atoms with E-state index in [2.05, 4.69) is 10.3 Å². The van der Waals surface area contributed by atoms with Gasteiger partial charge in [-0.15, -0.1) is 0 Å². The molecule has 1 N–H and O–H groups in total. The van der Waals surface area contributed by atoms with E-state index in [-0.39, 0.29) is 0 Å². The summed E-state index contributed by atoms with van der Waals surface area (Å²) in [6.45, 7) is 0.700. The molecule has 4 heteroatoms. The molecule has 88 valence electrons. The monoisotopic (exact) mass is 248 g/mol. The normalized spacial score (nSPS) is 10.0. The molecule has 17 heavy (non-hydrogen) atoms. The van der Waals surface area contributed by atoms with Gasteiger partial charge in [0, 0.05) is 12.7 Å². The van der Waals surface area contributed by atoms with E-state index in [1.54, 1.807) is 13.3 Å². The van der Waals surface area contributed by atoms with Gasteiger partial charge in [-0.25, -0.2) is 4.98 Å². The van der Waals surface area contributed by atoms with Gasteiger partial charge in [0.1, 0.15) is 11.6 Å². The Morgan fingerprint density at radius 2 is 2.18 bits per heavy atom. The highest BCUT2D eigenvalue weighted by molar-refractivity contribution is 6.30. The second-order valence-corrected chi connectivity index (χ2v) is 4.00. The lowest BCUT2D eigenvalue weighted by Crippen LogP contribution is -2.01. The van der Waals surface area contributed by atoms with Gasteiger partial charge in [0.25, 0.3) is 0 Å². The lowest BCUT2D eigenvalue weighted by Gasteiger charge is -2.07. The van der Waals surface area contributed by atoms with Crippen molar-refractivity contribution >= 4 is 17.4 Å². The molecule has 1 heterocycles. The number of aromatic nitrogens is 1. The minimum atomic E-state index is 0.636. The van der Waals surface area contributed by atoms with Gasteiger partial charge in [0.15, 0.2) is 0 Å². The first kappa shape index (κ1) is 11.7. The van der Waals surface area contributed by atoms with E-state index >= 15 is 0 Å². The molecule has 2 aromatic rings. The Hall–Kier alpha value is -1.74. The number of nitrogens with one attached hydrogen (secondary N) is 1. The first-order chi connectivity index (χ1) is 8.28. The highest BCUT2D eigenvalue weighted by Gasteiger charge is 1.97. The third-order valence-corrected chi connectivity index (χ3v) is 2.56. The Morgan fingerprint density at radius 3 is 2.88 bits per heavy atom. The molecule has 0 fully saturated rings. The lowest BCUT2D eigenvalue weighted by molar-refractivity contribution is 0.414. The number of ether oxygens (including phenoxy) is 1. The maximum atomic E-state index is 5.76. The number of rotatable bonds is 4. The summed E-state index contributed by atoms with van der Waals surface area (Å²) in [5.41, 5.74) is 1.14. The summed E-state index contributed by atoms with van der Waals surface area (Å²) in [7, 11) is 1.66. The Kier molecular flexibility index (Phi) is 3.83. The number of halogens is 1. The maximum absolute atomic E-state index is 5.76. The predicted molar refractivity (Wildman–Crippen MR) is 69.6 cm³/mol. The van der Waals surface area contributed by atoms with Crippen molar-refractivity contribution in [3.63, 3.8) is 0 Å². The predicted octanol–water partition coefficient (Wildman–Crippen LogP) is 3.36. The van der Waals surface area contributed by atoms with E-state index in [0.717, 1.165) is 17.1 Å². The molecule has 2 rings (SSSR count). The second kappa shape index (κ2) is 5.55. The van der Waals surface area contributed by atoms with Crippen LogP contribution < -0.4 is 10.1 Å². The topological polar surface area (TPSA) is 34.1 Å². The van der Waals surface area contributed by atoms with Crippen LogP contribution in [-0.2, 0) is 6.54 Å². The van der Waals surface area contributed by atoms with Crippen molar-refractivity contribution in [3.8, 4) is 5.75 Å². The molecule has 0 aliphatic heterocycles. The van der Waals surface area contributed by atoms with Crippen molar-refractivity contribution in [3.05, 3.63) is 53.2 Å². The Balaban J connectivity index is 1.99. The van der Waals surface area contributed by atoms with Crippen LogP contribution in [0, 0.1) is 0 Å². The molecule has 0 bridgehead atoms. The van der Waals surface area contributed by atoms with Gasteiger partial charge in [0.2, 0.25) is 0 Å². The average Bonchev–Trinajstić information content (AvgIpc) is 2.38. The van der Waals surface area contributed by atoms with E-state index in [9.17, 15) is 0 Å². The quantitative estimate of drug-likeness (QED) is 0.901. The highest BCUT2D eigenvalue weighted by atomic mass is 35.5. The SMILES string of the molecule is COc1cccc(CNc2ccc(Cl)cn2)c1. The van der Waals surface area contributed by atoms with E-state index in [1.807, 2.05) is 36.4 Å². The molecule has 0 aliphatic carbocycles. The van der Waals surface area contributed by atoms with Crippen molar-refractivity contribution in [2.24, 2.45) is 0 Å². The van der Waals surface area contributed by atoms with E-state index < -0.39 is 0 Å². The standard InChI is InChI=1S/C13H13ClN2O/c1-17-12-4-2-3-10(7-12)8-15-13-6-5-11(14)9-16-13/h2-7,9H,8H2,1H3,(H,15,16). The first-order valence-electron chi connectivity index (χ1n) is 5.26. The van der Waals surface area contributed by atoms with Crippen LogP contribution in [0.4, 0.5) is 5.82 Å². The molecule has 3 nitrogen and oxygen atoms in total. The summed E-state index contributed by atoms with van der Waals surface area (Å²) in [6.07, 6.45) is 1.62. The van der Waals surface area contributed by atoms with Crippen LogP contribution in [0.5, 0.6) is 5.75 Å². The molecule has 0 spiro atoms. The van der Waals surface area contributed by atoms with Gasteiger partial charge in [-0.05, 0) is 29.8 Å². The molecular formula is C13H13ClN2O. The molecule has 0 saturated heterocycles. The van der Waals surface area contributed by atoms with Crippen molar-refractivity contribution in [2.75, 3.05) is 12.4 Å². The van der Waals surface area contributed by atoms with E-state index in [0.29, 0.717) is 11.6 Å². The molecule has 0 aliphatic rings. The molecule has 0 amide bonds. The average molecular weight is 249 g/mol. The number of pyridine rings is 1. The molecule has 0 saturated carbocycles. The first-order valence-corrected chi connectivity index (χ1v) is 5.64. The van der Waals surface area contributed by atoms with E-state index in [4.69, 9.17) is 16.3 Å². The maximum Gasteiger partial charge on any atom is 0.126 e. The Morgan fingerprint density at radius 1 is 1.29 bits per heavy atom. The van der Waals surface area contributed by atoms with Crippen LogP contribution in [0.25, 0.3) is 0 Å². The van der Waals surface area contributed by atoms with Crippen LogP contribution in [0.2, 0.25) is 5.02 Å². The van der Waals surface area contributed by atoms with Crippen LogP contribution in [0.1, 0.15) is 5.56 Å². The molecule has 0 radical (unpaired) electrons. The summed E-state index contributed by atoms with van der Waals surface area (Å²) in [4.78, 5) is 4.16. The molecule has 0 unspecified atom stereocenters. The zero-order chi connectivity index (χ0) is 12.1. The smallest absolute Gasteiger partial charge is 0.126 e. The van der Waals surface area contributed by atoms with Gasteiger partial charge in [-0.2, -0.15) is 0 Å². The van der Waals surface area contributed by atoms with Crippen molar-refractivity contribution < 1.29 is 4.74 Å². The highest BCUT2D eigenvalue weighted by Crippen LogP contribution is 2.14. The summed E-state index contributed by atoms with van der Waals surface area (Å²) in [6, 6.07) is 11.6. The van der Waals surface area contributed by atoms with Crippen molar-refractivity contribution in [1.29, 1.82) is 0 Å². The second-order valence-electron chi connectivity index (χ2n) is 3.57. The number of benzene rings is 1. The summed E-state index contributed by atoms with van der Waals surface area (Å²) in [5.74, 6) is 1.66. The van der Waals surface area contributed by atoms with Crippen molar-refractivity contribution in [1.82, 2.24) is 4.98 Å². The zero-order valence-electron chi connectivity index (χ0n) is 9.48. The molecule has 1 aromatic heterocycles. The summed E-state index contributed by atoms with van der Waals surface area (Å²) >= 11 is 5.76. The van der Waals surface area contributed by atoms with Crippen LogP contribution in [0.3, 0.4) is 0 Å². The van der Waals surface area contributed by atoms with Gasteiger partial charge < -0.3 is 10.1 Å². The Bertz CT molecular complexity index is 485. The minimum absolute atomic E-state index is 0.636. The van der Waals surface area contributed by atoms with Crippen LogP contribution >= 0.6 is 11.6 Å². The van der Waals surface area contributed by atoms with Crippen LogP contribution in [-0.4, -0.2) is 12.1 Å². The minimum Gasteiger partial charge on any atom is -0.497 e. The van der Waals surface area contributed by atoms with E-state index in [1.165, 1.54) is 0 Å². The van der Waals surface area contributed by atoms with Crippen LogP contribution in [0.15, 0.2) is 42.6 Å². The van der Waals surface area contributed by atoms with Gasteiger partial charge in [0.05, 0.1) is 12.1 Å². The Labute approximate surface area is 105 Å². The van der Waals surface area contributed by atoms with Crippen molar-refractivity contribution in [2.45, 2.75) is 6.54 Å². The zero-order valence-corrected chi connectivity index (χ0v) is 10.2. The number of methoxy groups -OCH3 is 1. The molecule has 0 atom stereocenters. The fourth-order valence-electron chi connectivity index (χ4n) is 1.46. The third-order valence-electron chi connectivity index (χ3n) is 2.34. The number of hydrogen-bond donors (Lipinski definition) is 1. The number of nitrogens with zero attached hydrogens (tertiary/aromatic N) is 1.